The van der Waals surface area contributed by atoms with Crippen molar-refractivity contribution in [3.8, 4) is 6.07 Å². The van der Waals surface area contributed by atoms with E-state index in [-0.39, 0.29) is 12.4 Å². The summed E-state index contributed by atoms with van der Waals surface area (Å²) < 4.78 is 4.92. The fourth-order valence-corrected chi connectivity index (χ4v) is 2.92. The fraction of sp³-hybridized carbons (Fsp3) is 0.562. The van der Waals surface area contributed by atoms with Crippen molar-refractivity contribution < 1.29 is 14.3 Å². The van der Waals surface area contributed by atoms with Crippen LogP contribution in [0.25, 0.3) is 0 Å². The van der Waals surface area contributed by atoms with Crippen molar-refractivity contribution in [2.75, 3.05) is 6.61 Å². The first-order valence-electron chi connectivity index (χ1n) is 7.21. The highest BCUT2D eigenvalue weighted by molar-refractivity contribution is 6.05. The Morgan fingerprint density at radius 2 is 2.20 bits per heavy atom. The molecule has 2 aliphatic rings. The van der Waals surface area contributed by atoms with Gasteiger partial charge in [0.25, 0.3) is 0 Å². The second-order valence-electron chi connectivity index (χ2n) is 5.10. The molecule has 2 aliphatic carbocycles. The van der Waals surface area contributed by atoms with E-state index in [0.717, 1.165) is 30.4 Å². The van der Waals surface area contributed by atoms with Crippen LogP contribution < -0.4 is 0 Å². The predicted molar refractivity (Wildman–Crippen MR) is 73.6 cm³/mol. The van der Waals surface area contributed by atoms with E-state index in [9.17, 15) is 14.9 Å². The number of ketones is 1. The number of hydrogen-bond donors (Lipinski definition) is 0. The first kappa shape index (κ1) is 14.5. The van der Waals surface area contributed by atoms with Gasteiger partial charge in [0.1, 0.15) is 0 Å². The maximum absolute atomic E-state index is 12.1. The zero-order chi connectivity index (χ0) is 14.5. The molecule has 0 saturated heterocycles. The Balaban J connectivity index is 2.37. The molecule has 4 nitrogen and oxygen atoms in total. The molecule has 0 saturated carbocycles. The van der Waals surface area contributed by atoms with Gasteiger partial charge in [0.15, 0.2) is 11.7 Å². The van der Waals surface area contributed by atoms with E-state index in [1.165, 1.54) is 6.42 Å². The van der Waals surface area contributed by atoms with E-state index in [2.05, 4.69) is 6.08 Å². The molecule has 0 bridgehead atoms. The van der Waals surface area contributed by atoms with Crippen molar-refractivity contribution in [1.29, 1.82) is 5.26 Å². The molecule has 0 aliphatic heterocycles. The van der Waals surface area contributed by atoms with Crippen LogP contribution in [0.4, 0.5) is 0 Å². The van der Waals surface area contributed by atoms with Crippen LogP contribution in [0.15, 0.2) is 22.8 Å². The van der Waals surface area contributed by atoms with Gasteiger partial charge in [0, 0.05) is 12.0 Å². The largest absolute Gasteiger partial charge is 0.465 e. The number of nitriles is 1. The van der Waals surface area contributed by atoms with Gasteiger partial charge in [-0.3, -0.25) is 9.59 Å². The van der Waals surface area contributed by atoms with Gasteiger partial charge in [-0.05, 0) is 50.2 Å². The van der Waals surface area contributed by atoms with Gasteiger partial charge in [-0.2, -0.15) is 5.26 Å². The molecule has 20 heavy (non-hydrogen) atoms. The van der Waals surface area contributed by atoms with Crippen molar-refractivity contribution >= 4 is 11.8 Å². The quantitative estimate of drug-likeness (QED) is 0.739. The van der Waals surface area contributed by atoms with E-state index < -0.39 is 11.9 Å². The summed E-state index contributed by atoms with van der Waals surface area (Å²) in [6, 6.07) is 1.95. The third-order valence-electron chi connectivity index (χ3n) is 3.85. The summed E-state index contributed by atoms with van der Waals surface area (Å²) in [7, 11) is 0. The third kappa shape index (κ3) is 2.82. The van der Waals surface area contributed by atoms with Crippen LogP contribution in [0.1, 0.15) is 45.4 Å². The highest BCUT2D eigenvalue weighted by atomic mass is 16.5. The highest BCUT2D eigenvalue weighted by Crippen LogP contribution is 2.37. The van der Waals surface area contributed by atoms with Gasteiger partial charge in [-0.15, -0.1) is 0 Å². The van der Waals surface area contributed by atoms with E-state index in [4.69, 9.17) is 4.74 Å². The molecule has 4 heteroatoms. The Labute approximate surface area is 119 Å². The van der Waals surface area contributed by atoms with Crippen molar-refractivity contribution in [1.82, 2.24) is 0 Å². The third-order valence-corrected chi connectivity index (χ3v) is 3.85. The Kier molecular flexibility index (Phi) is 4.73. The minimum Gasteiger partial charge on any atom is -0.465 e. The number of allylic oxidation sites excluding steroid dienone is 3. The number of esters is 1. The summed E-state index contributed by atoms with van der Waals surface area (Å²) in [6.07, 6.45) is 7.42. The lowest BCUT2D eigenvalue weighted by atomic mass is 9.88. The monoisotopic (exact) mass is 273 g/mol. The molecule has 0 radical (unpaired) electrons. The minimum absolute atomic E-state index is 0.0777. The van der Waals surface area contributed by atoms with Crippen LogP contribution in [0.5, 0.6) is 0 Å². The summed E-state index contributed by atoms with van der Waals surface area (Å²) in [6.45, 7) is 1.91. The standard InChI is InChI=1S/C16H19NO3/c1-2-20-16(19)13(10-17)15-12(8-9-14(15)18)11-6-4-3-5-7-11/h6,13H,2-5,7-9H2,1H3. The Bertz CT molecular complexity index is 522. The van der Waals surface area contributed by atoms with E-state index >= 15 is 0 Å². The lowest BCUT2D eigenvalue weighted by molar-refractivity contribution is -0.145. The number of Topliss-reactive ketones (excluding diaryl/α,β-unsaturated/α-hetero) is 1. The molecule has 1 atom stereocenters. The summed E-state index contributed by atoms with van der Waals surface area (Å²) in [5.41, 5.74) is 2.47. The molecule has 0 N–H and O–H groups in total. The predicted octanol–water partition coefficient (Wildman–Crippen LogP) is 2.85. The van der Waals surface area contributed by atoms with E-state index in [1.54, 1.807) is 6.92 Å². The van der Waals surface area contributed by atoms with Gasteiger partial charge >= 0.3 is 5.97 Å². The lowest BCUT2D eigenvalue weighted by Gasteiger charge is -2.17. The SMILES string of the molecule is CCOC(=O)C(C#N)C1=C(C2=CCCCC2)CCC1=O. The first-order chi connectivity index (χ1) is 9.69. The maximum atomic E-state index is 12.1. The van der Waals surface area contributed by atoms with Gasteiger partial charge in [-0.1, -0.05) is 6.08 Å². The van der Waals surface area contributed by atoms with Crippen LogP contribution in [0, 0.1) is 17.2 Å². The number of carbonyl (C=O) groups is 2. The zero-order valence-electron chi connectivity index (χ0n) is 11.8. The molecule has 0 heterocycles. The summed E-state index contributed by atoms with van der Waals surface area (Å²) in [4.78, 5) is 24.0. The van der Waals surface area contributed by atoms with Crippen LogP contribution in [0.2, 0.25) is 0 Å². The van der Waals surface area contributed by atoms with Crippen molar-refractivity contribution in [3.05, 3.63) is 22.8 Å². The van der Waals surface area contributed by atoms with E-state index in [1.807, 2.05) is 6.07 Å². The summed E-state index contributed by atoms with van der Waals surface area (Å²) >= 11 is 0. The molecule has 0 aromatic heterocycles. The normalized spacial score (nSPS) is 20.4. The molecule has 0 spiro atoms. The molecule has 0 aromatic rings. The van der Waals surface area contributed by atoms with Crippen LogP contribution in [-0.2, 0) is 14.3 Å². The molecule has 0 amide bonds. The number of carbonyl (C=O) groups excluding carboxylic acids is 2. The summed E-state index contributed by atoms with van der Waals surface area (Å²) in [5.74, 6) is -1.75. The van der Waals surface area contributed by atoms with Crippen LogP contribution in [-0.4, -0.2) is 18.4 Å². The number of hydrogen-bond acceptors (Lipinski definition) is 4. The first-order valence-corrected chi connectivity index (χ1v) is 7.21. The van der Waals surface area contributed by atoms with Gasteiger partial charge in [-0.25, -0.2) is 0 Å². The molecule has 2 rings (SSSR count). The molecular weight excluding hydrogens is 254 g/mol. The Hall–Kier alpha value is -1.89. The zero-order valence-corrected chi connectivity index (χ0v) is 11.8. The van der Waals surface area contributed by atoms with Crippen LogP contribution in [0.3, 0.4) is 0 Å². The topological polar surface area (TPSA) is 67.2 Å². The van der Waals surface area contributed by atoms with Crippen molar-refractivity contribution in [2.24, 2.45) is 5.92 Å². The second kappa shape index (κ2) is 6.51. The van der Waals surface area contributed by atoms with E-state index in [0.29, 0.717) is 18.4 Å². The Morgan fingerprint density at radius 3 is 2.80 bits per heavy atom. The molecule has 106 valence electrons. The van der Waals surface area contributed by atoms with Crippen molar-refractivity contribution in [2.45, 2.75) is 45.4 Å². The van der Waals surface area contributed by atoms with Gasteiger partial charge in [0.2, 0.25) is 0 Å². The van der Waals surface area contributed by atoms with Crippen molar-refractivity contribution in [3.63, 3.8) is 0 Å². The molecule has 0 aromatic carbocycles. The highest BCUT2D eigenvalue weighted by Gasteiger charge is 2.36. The second-order valence-corrected chi connectivity index (χ2v) is 5.10. The smallest absolute Gasteiger partial charge is 0.328 e. The van der Waals surface area contributed by atoms with Gasteiger partial charge < -0.3 is 4.74 Å². The molecule has 0 fully saturated rings. The minimum atomic E-state index is -1.07. The number of ether oxygens (including phenoxy) is 1. The lowest BCUT2D eigenvalue weighted by Crippen LogP contribution is -2.22. The fourth-order valence-electron chi connectivity index (χ4n) is 2.92. The molecular formula is C16H19NO3. The number of rotatable bonds is 4. The van der Waals surface area contributed by atoms with Gasteiger partial charge in [0.05, 0.1) is 12.7 Å². The average molecular weight is 273 g/mol. The summed E-state index contributed by atoms with van der Waals surface area (Å²) in [5, 5.41) is 9.26. The maximum Gasteiger partial charge on any atom is 0.328 e. The number of nitrogens with zero attached hydrogens (tertiary/aromatic N) is 1. The van der Waals surface area contributed by atoms with Crippen LogP contribution >= 0.6 is 0 Å². The Morgan fingerprint density at radius 1 is 1.40 bits per heavy atom. The average Bonchev–Trinajstić information content (AvgIpc) is 2.83. The molecule has 1 unspecified atom stereocenters.